The molecular weight excluding hydrogens is 341 g/mol. The third-order valence-electron chi connectivity index (χ3n) is 5.32. The molecule has 1 aliphatic rings. The van der Waals surface area contributed by atoms with E-state index < -0.39 is 0 Å². The number of benzene rings is 3. The third kappa shape index (κ3) is 3.97. The van der Waals surface area contributed by atoms with Crippen molar-refractivity contribution in [2.24, 2.45) is 0 Å². The summed E-state index contributed by atoms with van der Waals surface area (Å²) in [6, 6.07) is 19.2. The predicted octanol–water partition coefficient (Wildman–Crippen LogP) is 4.65. The Kier molecular flexibility index (Phi) is 5.37. The molecule has 0 amide bonds. The molecule has 0 aromatic heterocycles. The molecule has 3 aromatic carbocycles. The molecule has 1 N–H and O–H groups in total. The number of rotatable bonds is 5. The second kappa shape index (κ2) is 8.07. The van der Waals surface area contributed by atoms with E-state index in [0.29, 0.717) is 6.61 Å². The summed E-state index contributed by atoms with van der Waals surface area (Å²) in [4.78, 5) is 0. The van der Waals surface area contributed by atoms with Crippen LogP contribution in [0.25, 0.3) is 10.8 Å². The van der Waals surface area contributed by atoms with Gasteiger partial charge in [-0.15, -0.1) is 0 Å². The van der Waals surface area contributed by atoms with Gasteiger partial charge in [-0.25, -0.2) is 4.39 Å². The fourth-order valence-corrected chi connectivity index (χ4v) is 3.86. The van der Waals surface area contributed by atoms with Crippen molar-refractivity contribution in [1.82, 2.24) is 5.32 Å². The summed E-state index contributed by atoms with van der Waals surface area (Å²) in [6.45, 7) is 2.30. The van der Waals surface area contributed by atoms with Gasteiger partial charge in [-0.1, -0.05) is 36.4 Å². The molecule has 0 saturated carbocycles. The average molecular weight is 365 g/mol. The van der Waals surface area contributed by atoms with Crippen LogP contribution in [0.1, 0.15) is 23.5 Å². The Balaban J connectivity index is 1.51. The Morgan fingerprint density at radius 3 is 2.74 bits per heavy atom. The molecule has 3 aromatic rings. The summed E-state index contributed by atoms with van der Waals surface area (Å²) in [7, 11) is 1.69. The lowest BCUT2D eigenvalue weighted by Gasteiger charge is -2.32. The highest BCUT2D eigenvalue weighted by molar-refractivity contribution is 5.88. The van der Waals surface area contributed by atoms with E-state index in [-0.39, 0.29) is 17.8 Å². The quantitative estimate of drug-likeness (QED) is 0.714. The van der Waals surface area contributed by atoms with Crippen LogP contribution in [0.2, 0.25) is 0 Å². The standard InChI is InChI=1S/C23H24FNO2/c1-26-22-4-2-3-17-6-5-16(13-21(17)22)15-27-23-14-25-12-11-20(23)18-7-9-19(24)10-8-18/h2-10,13,20,23,25H,11-12,14-15H2,1H3. The van der Waals surface area contributed by atoms with Crippen molar-refractivity contribution in [3.63, 3.8) is 0 Å². The number of hydrogen-bond acceptors (Lipinski definition) is 3. The van der Waals surface area contributed by atoms with Crippen LogP contribution in [0, 0.1) is 5.82 Å². The molecule has 2 unspecified atom stereocenters. The number of halogens is 1. The Hall–Kier alpha value is -2.43. The van der Waals surface area contributed by atoms with E-state index in [9.17, 15) is 4.39 Å². The molecule has 4 heteroatoms. The van der Waals surface area contributed by atoms with Gasteiger partial charge in [0.05, 0.1) is 19.8 Å². The second-order valence-corrected chi connectivity index (χ2v) is 7.02. The lowest BCUT2D eigenvalue weighted by molar-refractivity contribution is 0.0106. The number of piperidine rings is 1. The van der Waals surface area contributed by atoms with Crippen LogP contribution in [-0.4, -0.2) is 26.3 Å². The minimum atomic E-state index is -0.199. The lowest BCUT2D eigenvalue weighted by Crippen LogP contribution is -2.40. The fraction of sp³-hybridized carbons (Fsp3) is 0.304. The number of methoxy groups -OCH3 is 1. The summed E-state index contributed by atoms with van der Waals surface area (Å²) < 4.78 is 25.0. The Morgan fingerprint density at radius 2 is 1.93 bits per heavy atom. The SMILES string of the molecule is COc1cccc2ccc(COC3CNCCC3c3ccc(F)cc3)cc12. The van der Waals surface area contributed by atoms with E-state index in [1.54, 1.807) is 7.11 Å². The molecule has 3 nitrogen and oxygen atoms in total. The minimum Gasteiger partial charge on any atom is -0.496 e. The maximum atomic E-state index is 13.3. The molecular formula is C23H24FNO2. The van der Waals surface area contributed by atoms with Gasteiger partial charge in [-0.2, -0.15) is 0 Å². The van der Waals surface area contributed by atoms with Gasteiger partial charge >= 0.3 is 0 Å². The lowest BCUT2D eigenvalue weighted by atomic mass is 9.88. The maximum Gasteiger partial charge on any atom is 0.126 e. The second-order valence-electron chi connectivity index (χ2n) is 7.02. The van der Waals surface area contributed by atoms with Crippen molar-refractivity contribution in [3.05, 3.63) is 77.6 Å². The van der Waals surface area contributed by atoms with Gasteiger partial charge in [-0.05, 0) is 53.7 Å². The zero-order valence-electron chi connectivity index (χ0n) is 15.5. The van der Waals surface area contributed by atoms with E-state index in [2.05, 4.69) is 29.6 Å². The normalized spacial score (nSPS) is 19.9. The number of nitrogens with one attached hydrogen (secondary N) is 1. The van der Waals surface area contributed by atoms with Crippen molar-refractivity contribution < 1.29 is 13.9 Å². The van der Waals surface area contributed by atoms with Crippen LogP contribution >= 0.6 is 0 Å². The fourth-order valence-electron chi connectivity index (χ4n) is 3.86. The van der Waals surface area contributed by atoms with Gasteiger partial charge in [0.15, 0.2) is 0 Å². The van der Waals surface area contributed by atoms with Crippen molar-refractivity contribution >= 4 is 10.8 Å². The molecule has 0 aliphatic carbocycles. The molecule has 27 heavy (non-hydrogen) atoms. The van der Waals surface area contributed by atoms with Crippen molar-refractivity contribution in [3.8, 4) is 5.75 Å². The van der Waals surface area contributed by atoms with E-state index in [0.717, 1.165) is 47.2 Å². The molecule has 0 spiro atoms. The summed E-state index contributed by atoms with van der Waals surface area (Å²) in [5, 5.41) is 5.66. The molecule has 2 atom stereocenters. The van der Waals surface area contributed by atoms with Gasteiger partial charge in [0.25, 0.3) is 0 Å². The van der Waals surface area contributed by atoms with Crippen molar-refractivity contribution in [1.29, 1.82) is 0 Å². The summed E-state index contributed by atoms with van der Waals surface area (Å²) >= 11 is 0. The molecule has 1 fully saturated rings. The summed E-state index contributed by atoms with van der Waals surface area (Å²) in [5.74, 6) is 0.954. The van der Waals surface area contributed by atoms with Crippen LogP contribution in [0.15, 0.2) is 60.7 Å². The van der Waals surface area contributed by atoms with Gasteiger partial charge in [0.2, 0.25) is 0 Å². The first-order chi connectivity index (χ1) is 13.2. The Labute approximate surface area is 159 Å². The smallest absolute Gasteiger partial charge is 0.126 e. The zero-order chi connectivity index (χ0) is 18.6. The topological polar surface area (TPSA) is 30.5 Å². The monoisotopic (exact) mass is 365 g/mol. The highest BCUT2D eigenvalue weighted by Gasteiger charge is 2.27. The van der Waals surface area contributed by atoms with E-state index in [4.69, 9.17) is 9.47 Å². The molecule has 0 bridgehead atoms. The highest BCUT2D eigenvalue weighted by atomic mass is 19.1. The van der Waals surface area contributed by atoms with E-state index >= 15 is 0 Å². The maximum absolute atomic E-state index is 13.3. The number of fused-ring (bicyclic) bond motifs is 1. The largest absolute Gasteiger partial charge is 0.496 e. The molecule has 1 saturated heterocycles. The molecule has 0 radical (unpaired) electrons. The van der Waals surface area contributed by atoms with Crippen LogP contribution in [-0.2, 0) is 11.3 Å². The Morgan fingerprint density at radius 1 is 1.07 bits per heavy atom. The van der Waals surface area contributed by atoms with Crippen molar-refractivity contribution in [2.75, 3.05) is 20.2 Å². The Bertz CT molecular complexity index is 910. The van der Waals surface area contributed by atoms with Crippen LogP contribution in [0.4, 0.5) is 4.39 Å². The van der Waals surface area contributed by atoms with Crippen LogP contribution in [0.5, 0.6) is 5.75 Å². The van der Waals surface area contributed by atoms with E-state index in [1.807, 2.05) is 24.3 Å². The summed E-state index contributed by atoms with van der Waals surface area (Å²) in [6.07, 6.45) is 1.06. The molecule has 1 heterocycles. The van der Waals surface area contributed by atoms with E-state index in [1.165, 1.54) is 12.1 Å². The number of ether oxygens (including phenoxy) is 2. The molecule has 1 aliphatic heterocycles. The third-order valence-corrected chi connectivity index (χ3v) is 5.32. The van der Waals surface area contributed by atoms with Crippen LogP contribution < -0.4 is 10.1 Å². The number of hydrogen-bond donors (Lipinski definition) is 1. The first kappa shape index (κ1) is 18.0. The zero-order valence-corrected chi connectivity index (χ0v) is 15.5. The van der Waals surface area contributed by atoms with Gasteiger partial charge in [0.1, 0.15) is 11.6 Å². The predicted molar refractivity (Wildman–Crippen MR) is 106 cm³/mol. The van der Waals surface area contributed by atoms with Crippen LogP contribution in [0.3, 0.4) is 0 Å². The van der Waals surface area contributed by atoms with Gasteiger partial charge < -0.3 is 14.8 Å². The summed E-state index contributed by atoms with van der Waals surface area (Å²) in [5.41, 5.74) is 2.26. The first-order valence-electron chi connectivity index (χ1n) is 9.38. The molecule has 4 rings (SSSR count). The van der Waals surface area contributed by atoms with Gasteiger partial charge in [-0.3, -0.25) is 0 Å². The highest BCUT2D eigenvalue weighted by Crippen LogP contribution is 2.30. The first-order valence-corrected chi connectivity index (χ1v) is 9.38. The average Bonchev–Trinajstić information content (AvgIpc) is 2.72. The van der Waals surface area contributed by atoms with Crippen molar-refractivity contribution in [2.45, 2.75) is 25.0 Å². The van der Waals surface area contributed by atoms with Gasteiger partial charge in [0, 0.05) is 17.8 Å². The molecule has 140 valence electrons. The minimum absolute atomic E-state index is 0.0672.